The first-order chi connectivity index (χ1) is 5.25. The van der Waals surface area contributed by atoms with Crippen LogP contribution in [0.5, 0.6) is 0 Å². The minimum atomic E-state index is -0.343. The van der Waals surface area contributed by atoms with Gasteiger partial charge in [0.1, 0.15) is 5.69 Å². The van der Waals surface area contributed by atoms with Gasteiger partial charge in [0, 0.05) is 0 Å². The van der Waals surface area contributed by atoms with E-state index in [9.17, 15) is 9.59 Å². The van der Waals surface area contributed by atoms with Gasteiger partial charge in [-0.3, -0.25) is 9.59 Å². The van der Waals surface area contributed by atoms with Crippen molar-refractivity contribution in [3.63, 3.8) is 0 Å². The standard InChI is InChI=1S/C6H7N3O2/c1-4-5(9-3-10)6(11)8-2-7-4/h2-3H,1H3,(H,9,10)(H,7,8,11). The summed E-state index contributed by atoms with van der Waals surface area (Å²) in [5, 5.41) is 2.26. The van der Waals surface area contributed by atoms with E-state index in [0.717, 1.165) is 0 Å². The molecule has 11 heavy (non-hydrogen) atoms. The lowest BCUT2D eigenvalue weighted by atomic mass is 10.4. The molecule has 0 fully saturated rings. The number of aromatic nitrogens is 2. The van der Waals surface area contributed by atoms with Crippen molar-refractivity contribution in [1.29, 1.82) is 0 Å². The van der Waals surface area contributed by atoms with Gasteiger partial charge in [0.05, 0.1) is 12.0 Å². The summed E-state index contributed by atoms with van der Waals surface area (Å²) < 4.78 is 0. The van der Waals surface area contributed by atoms with Crippen LogP contribution in [-0.2, 0) is 4.79 Å². The zero-order chi connectivity index (χ0) is 8.27. The topological polar surface area (TPSA) is 74.8 Å². The van der Waals surface area contributed by atoms with Crippen molar-refractivity contribution in [2.45, 2.75) is 6.92 Å². The number of amides is 1. The fourth-order valence-electron chi connectivity index (χ4n) is 0.718. The van der Waals surface area contributed by atoms with Crippen molar-refractivity contribution < 1.29 is 4.79 Å². The molecule has 1 heterocycles. The number of H-pyrrole nitrogens is 1. The summed E-state index contributed by atoms with van der Waals surface area (Å²) in [5.41, 5.74) is 0.355. The van der Waals surface area contributed by atoms with Crippen molar-refractivity contribution >= 4 is 12.1 Å². The van der Waals surface area contributed by atoms with E-state index in [-0.39, 0.29) is 11.2 Å². The average molecular weight is 153 g/mol. The highest BCUT2D eigenvalue weighted by molar-refractivity contribution is 5.71. The predicted molar refractivity (Wildman–Crippen MR) is 39.3 cm³/mol. The normalized spacial score (nSPS) is 9.18. The van der Waals surface area contributed by atoms with Crippen LogP contribution in [-0.4, -0.2) is 16.4 Å². The van der Waals surface area contributed by atoms with Crippen molar-refractivity contribution in [2.75, 3.05) is 5.32 Å². The zero-order valence-electron chi connectivity index (χ0n) is 5.92. The van der Waals surface area contributed by atoms with Gasteiger partial charge < -0.3 is 10.3 Å². The summed E-state index contributed by atoms with van der Waals surface area (Å²) in [5.74, 6) is 0. The molecule has 0 saturated heterocycles. The second-order valence-corrected chi connectivity index (χ2v) is 1.95. The molecule has 0 atom stereocenters. The van der Waals surface area contributed by atoms with Gasteiger partial charge in [0.15, 0.2) is 0 Å². The van der Waals surface area contributed by atoms with Crippen LogP contribution < -0.4 is 10.9 Å². The highest BCUT2D eigenvalue weighted by atomic mass is 16.1. The Morgan fingerprint density at radius 2 is 2.45 bits per heavy atom. The fourth-order valence-corrected chi connectivity index (χ4v) is 0.718. The summed E-state index contributed by atoms with van der Waals surface area (Å²) >= 11 is 0. The summed E-state index contributed by atoms with van der Waals surface area (Å²) in [6, 6.07) is 0. The molecule has 0 unspecified atom stereocenters. The Bertz CT molecular complexity index is 318. The van der Waals surface area contributed by atoms with Gasteiger partial charge in [-0.25, -0.2) is 4.98 Å². The van der Waals surface area contributed by atoms with E-state index in [1.54, 1.807) is 6.92 Å². The SMILES string of the molecule is Cc1nc[nH]c(=O)c1NC=O. The van der Waals surface area contributed by atoms with Crippen molar-refractivity contribution in [1.82, 2.24) is 9.97 Å². The number of aromatic amines is 1. The smallest absolute Gasteiger partial charge is 0.274 e. The third kappa shape index (κ3) is 1.43. The Balaban J connectivity index is 3.20. The van der Waals surface area contributed by atoms with Crippen molar-refractivity contribution in [2.24, 2.45) is 0 Å². The van der Waals surface area contributed by atoms with Crippen LogP contribution in [0.15, 0.2) is 11.1 Å². The second-order valence-electron chi connectivity index (χ2n) is 1.95. The molecule has 0 aliphatic rings. The first-order valence-corrected chi connectivity index (χ1v) is 3.00. The summed E-state index contributed by atoms with van der Waals surface area (Å²) in [7, 11) is 0. The Labute approximate surface area is 62.5 Å². The maximum atomic E-state index is 10.9. The largest absolute Gasteiger partial charge is 0.323 e. The highest BCUT2D eigenvalue weighted by Gasteiger charge is 2.00. The molecular formula is C6H7N3O2. The number of nitrogens with one attached hydrogen (secondary N) is 2. The van der Waals surface area contributed by atoms with Crippen LogP contribution in [0.2, 0.25) is 0 Å². The van der Waals surface area contributed by atoms with Gasteiger partial charge in [0.25, 0.3) is 5.56 Å². The molecule has 0 bridgehead atoms. The number of carbonyl (C=O) groups is 1. The minimum absolute atomic E-state index is 0.197. The van der Waals surface area contributed by atoms with Gasteiger partial charge in [-0.05, 0) is 6.92 Å². The molecule has 2 N–H and O–H groups in total. The number of hydrogen-bond donors (Lipinski definition) is 2. The molecule has 1 aromatic heterocycles. The number of anilines is 1. The number of aryl methyl sites for hydroxylation is 1. The zero-order valence-corrected chi connectivity index (χ0v) is 5.92. The molecule has 1 aromatic rings. The molecule has 0 aliphatic carbocycles. The molecule has 1 amide bonds. The van der Waals surface area contributed by atoms with E-state index in [0.29, 0.717) is 12.1 Å². The van der Waals surface area contributed by atoms with E-state index < -0.39 is 0 Å². The fraction of sp³-hybridized carbons (Fsp3) is 0.167. The van der Waals surface area contributed by atoms with Gasteiger partial charge in [-0.2, -0.15) is 0 Å². The van der Waals surface area contributed by atoms with E-state index in [2.05, 4.69) is 15.3 Å². The molecule has 0 saturated carbocycles. The first-order valence-electron chi connectivity index (χ1n) is 3.00. The molecular weight excluding hydrogens is 146 g/mol. The third-order valence-electron chi connectivity index (χ3n) is 1.25. The minimum Gasteiger partial charge on any atom is -0.323 e. The quantitative estimate of drug-likeness (QED) is 0.570. The van der Waals surface area contributed by atoms with Crippen LogP contribution in [0.1, 0.15) is 5.69 Å². The molecule has 58 valence electrons. The Morgan fingerprint density at radius 1 is 1.73 bits per heavy atom. The Morgan fingerprint density at radius 3 is 3.00 bits per heavy atom. The van der Waals surface area contributed by atoms with Crippen LogP contribution >= 0.6 is 0 Å². The second kappa shape index (κ2) is 2.96. The van der Waals surface area contributed by atoms with E-state index in [1.165, 1.54) is 6.33 Å². The number of carbonyl (C=O) groups excluding carboxylic acids is 1. The Hall–Kier alpha value is -1.65. The van der Waals surface area contributed by atoms with Crippen LogP contribution in [0.3, 0.4) is 0 Å². The molecule has 5 nitrogen and oxygen atoms in total. The van der Waals surface area contributed by atoms with Gasteiger partial charge in [-0.1, -0.05) is 0 Å². The highest BCUT2D eigenvalue weighted by Crippen LogP contribution is 2.00. The first kappa shape index (κ1) is 7.46. The number of rotatable bonds is 2. The molecule has 0 radical (unpaired) electrons. The molecule has 5 heteroatoms. The summed E-state index contributed by atoms with van der Waals surface area (Å²) in [6.45, 7) is 1.64. The van der Waals surface area contributed by atoms with Gasteiger partial charge in [0.2, 0.25) is 6.41 Å². The molecule has 0 aliphatic heterocycles. The summed E-state index contributed by atoms with van der Waals surface area (Å²) in [6.07, 6.45) is 1.73. The summed E-state index contributed by atoms with van der Waals surface area (Å²) in [4.78, 5) is 27.0. The van der Waals surface area contributed by atoms with Gasteiger partial charge in [-0.15, -0.1) is 0 Å². The number of hydrogen-bond acceptors (Lipinski definition) is 3. The lowest BCUT2D eigenvalue weighted by Crippen LogP contribution is -2.15. The van der Waals surface area contributed by atoms with E-state index in [4.69, 9.17) is 0 Å². The maximum Gasteiger partial charge on any atom is 0.274 e. The van der Waals surface area contributed by atoms with Crippen molar-refractivity contribution in [3.05, 3.63) is 22.4 Å². The molecule has 0 spiro atoms. The Kier molecular flexibility index (Phi) is 2.00. The van der Waals surface area contributed by atoms with Crippen LogP contribution in [0.4, 0.5) is 5.69 Å². The lowest BCUT2D eigenvalue weighted by molar-refractivity contribution is -0.105. The van der Waals surface area contributed by atoms with E-state index >= 15 is 0 Å². The van der Waals surface area contributed by atoms with Crippen LogP contribution in [0.25, 0.3) is 0 Å². The lowest BCUT2D eigenvalue weighted by Gasteiger charge is -1.98. The average Bonchev–Trinajstić information content (AvgIpc) is 1.97. The van der Waals surface area contributed by atoms with Crippen molar-refractivity contribution in [3.8, 4) is 0 Å². The van der Waals surface area contributed by atoms with Gasteiger partial charge >= 0.3 is 0 Å². The molecule has 0 aromatic carbocycles. The monoisotopic (exact) mass is 153 g/mol. The third-order valence-corrected chi connectivity index (χ3v) is 1.25. The van der Waals surface area contributed by atoms with Crippen LogP contribution in [0, 0.1) is 6.92 Å². The maximum absolute atomic E-state index is 10.9. The molecule has 1 rings (SSSR count). The number of nitrogens with zero attached hydrogens (tertiary/aromatic N) is 1. The van der Waals surface area contributed by atoms with E-state index in [1.807, 2.05) is 0 Å². The predicted octanol–water partition coefficient (Wildman–Crippen LogP) is -0.353.